The Hall–Kier alpha value is -3.99. The molecule has 0 bridgehead atoms. The van der Waals surface area contributed by atoms with E-state index in [9.17, 15) is 14.0 Å². The molecule has 4 rings (SSSR count). The minimum Gasteiger partial charge on any atom is -0.465 e. The van der Waals surface area contributed by atoms with Crippen molar-refractivity contribution in [2.75, 3.05) is 0 Å². The lowest BCUT2D eigenvalue weighted by molar-refractivity contribution is -0.140. The molecule has 4 nitrogen and oxygen atoms in total. The fourth-order valence-corrected chi connectivity index (χ4v) is 4.16. The Labute approximate surface area is 198 Å². The van der Waals surface area contributed by atoms with Gasteiger partial charge in [-0.1, -0.05) is 72.8 Å². The number of allylic oxidation sites excluding steroid dienone is 3. The molecule has 0 N–H and O–H groups in total. The molecular formula is C29H25FO4. The number of benzene rings is 3. The van der Waals surface area contributed by atoms with Crippen LogP contribution < -0.4 is 0 Å². The fraction of sp³-hybridized carbons (Fsp3) is 0.172. The van der Waals surface area contributed by atoms with E-state index >= 15 is 0 Å². The summed E-state index contributed by atoms with van der Waals surface area (Å²) >= 11 is 0. The molecule has 3 aromatic rings. The van der Waals surface area contributed by atoms with Crippen LogP contribution in [0.2, 0.25) is 0 Å². The predicted molar refractivity (Wildman–Crippen MR) is 127 cm³/mol. The molecule has 0 amide bonds. The van der Waals surface area contributed by atoms with E-state index in [0.29, 0.717) is 29.1 Å². The second-order valence-corrected chi connectivity index (χ2v) is 8.17. The van der Waals surface area contributed by atoms with Crippen LogP contribution in [0.25, 0.3) is 0 Å². The summed E-state index contributed by atoms with van der Waals surface area (Å²) in [4.78, 5) is 26.2. The molecule has 1 heterocycles. The van der Waals surface area contributed by atoms with Crippen LogP contribution in [0.15, 0.2) is 108 Å². The number of rotatable bonds is 7. The van der Waals surface area contributed by atoms with Crippen LogP contribution in [-0.2, 0) is 32.1 Å². The van der Waals surface area contributed by atoms with Gasteiger partial charge < -0.3 is 9.47 Å². The lowest BCUT2D eigenvalue weighted by Gasteiger charge is -2.30. The van der Waals surface area contributed by atoms with E-state index < -0.39 is 11.9 Å². The number of ether oxygens (including phenoxy) is 2. The van der Waals surface area contributed by atoms with Gasteiger partial charge in [-0.05, 0) is 42.7 Å². The molecule has 1 aliphatic rings. The highest BCUT2D eigenvalue weighted by Crippen LogP contribution is 2.42. The van der Waals surface area contributed by atoms with Crippen LogP contribution in [0.3, 0.4) is 0 Å². The van der Waals surface area contributed by atoms with Crippen molar-refractivity contribution in [1.82, 2.24) is 0 Å². The van der Waals surface area contributed by atoms with Gasteiger partial charge in [-0.3, -0.25) is 4.79 Å². The van der Waals surface area contributed by atoms with Gasteiger partial charge in [0.15, 0.2) is 5.78 Å². The molecule has 0 saturated heterocycles. The Kier molecular flexibility index (Phi) is 7.02. The quantitative estimate of drug-likeness (QED) is 0.407. The summed E-state index contributed by atoms with van der Waals surface area (Å²) in [7, 11) is 0. The Morgan fingerprint density at radius 3 is 2.09 bits per heavy atom. The standard InChI is InChI=1S/C29H25FO4/c1-19(31)26-25(17-21-13-15-24(30)16-14-21)34-20(2)27(28(26)23-11-7-4-8-12-23)29(32)33-18-22-9-5-3-6-10-22/h3-16,28H,17-18H2,1-2H3. The van der Waals surface area contributed by atoms with E-state index in [1.807, 2.05) is 60.7 Å². The molecule has 34 heavy (non-hydrogen) atoms. The van der Waals surface area contributed by atoms with Crippen molar-refractivity contribution in [3.05, 3.63) is 130 Å². The fourth-order valence-electron chi connectivity index (χ4n) is 4.16. The number of esters is 1. The average Bonchev–Trinajstić information content (AvgIpc) is 2.84. The molecule has 0 spiro atoms. The Balaban J connectivity index is 1.73. The first kappa shape index (κ1) is 23.2. The van der Waals surface area contributed by atoms with Crippen LogP contribution >= 0.6 is 0 Å². The normalized spacial score (nSPS) is 15.7. The van der Waals surface area contributed by atoms with Crippen molar-refractivity contribution in [2.24, 2.45) is 0 Å². The van der Waals surface area contributed by atoms with Gasteiger partial charge in [0, 0.05) is 12.0 Å². The SMILES string of the molecule is CC(=O)C1=C(Cc2ccc(F)cc2)OC(C)=C(C(=O)OCc2ccccc2)C1c1ccccc1. The molecule has 0 aliphatic carbocycles. The van der Waals surface area contributed by atoms with Crippen molar-refractivity contribution >= 4 is 11.8 Å². The second-order valence-electron chi connectivity index (χ2n) is 8.17. The Morgan fingerprint density at radius 2 is 1.47 bits per heavy atom. The number of ketones is 1. The van der Waals surface area contributed by atoms with Gasteiger partial charge in [-0.15, -0.1) is 0 Å². The van der Waals surface area contributed by atoms with Gasteiger partial charge in [-0.2, -0.15) is 0 Å². The molecule has 0 fully saturated rings. The van der Waals surface area contributed by atoms with E-state index in [2.05, 4.69) is 0 Å². The first-order valence-corrected chi connectivity index (χ1v) is 11.1. The average molecular weight is 457 g/mol. The number of Topliss-reactive ketones (excluding diaryl/α,β-unsaturated/α-hetero) is 1. The number of hydrogen-bond donors (Lipinski definition) is 0. The van der Waals surface area contributed by atoms with E-state index in [4.69, 9.17) is 9.47 Å². The van der Waals surface area contributed by atoms with Gasteiger partial charge in [0.1, 0.15) is 23.9 Å². The smallest absolute Gasteiger partial charge is 0.338 e. The zero-order valence-electron chi connectivity index (χ0n) is 19.1. The molecule has 0 radical (unpaired) electrons. The maximum atomic E-state index is 13.4. The van der Waals surface area contributed by atoms with Crippen LogP contribution in [0.5, 0.6) is 0 Å². The molecule has 172 valence electrons. The van der Waals surface area contributed by atoms with Crippen molar-refractivity contribution < 1.29 is 23.5 Å². The van der Waals surface area contributed by atoms with Crippen molar-refractivity contribution in [3.8, 4) is 0 Å². The molecule has 0 saturated carbocycles. The van der Waals surface area contributed by atoms with Gasteiger partial charge in [-0.25, -0.2) is 9.18 Å². The Morgan fingerprint density at radius 1 is 0.853 bits per heavy atom. The molecular weight excluding hydrogens is 431 g/mol. The third-order valence-electron chi connectivity index (χ3n) is 5.76. The zero-order valence-corrected chi connectivity index (χ0v) is 19.1. The van der Waals surface area contributed by atoms with Crippen molar-refractivity contribution in [3.63, 3.8) is 0 Å². The summed E-state index contributed by atoms with van der Waals surface area (Å²) in [6.45, 7) is 3.28. The highest BCUT2D eigenvalue weighted by atomic mass is 19.1. The molecule has 3 aromatic carbocycles. The topological polar surface area (TPSA) is 52.6 Å². The summed E-state index contributed by atoms with van der Waals surface area (Å²) in [5, 5.41) is 0. The first-order chi connectivity index (χ1) is 16.4. The lowest BCUT2D eigenvalue weighted by atomic mass is 9.79. The third-order valence-corrected chi connectivity index (χ3v) is 5.76. The number of halogens is 1. The summed E-state index contributed by atoms with van der Waals surface area (Å²) in [5.74, 6) is -0.873. The zero-order chi connectivity index (χ0) is 24.1. The van der Waals surface area contributed by atoms with E-state index in [0.717, 1.165) is 16.7 Å². The van der Waals surface area contributed by atoms with Gasteiger partial charge in [0.05, 0.1) is 11.5 Å². The van der Waals surface area contributed by atoms with Crippen LogP contribution in [0.1, 0.15) is 36.5 Å². The second kappa shape index (κ2) is 10.3. The third kappa shape index (κ3) is 5.15. The summed E-state index contributed by atoms with van der Waals surface area (Å²) in [5.41, 5.74) is 3.15. The lowest BCUT2D eigenvalue weighted by Crippen LogP contribution is -2.27. The van der Waals surface area contributed by atoms with Gasteiger partial charge >= 0.3 is 5.97 Å². The van der Waals surface area contributed by atoms with Crippen LogP contribution in [0.4, 0.5) is 4.39 Å². The van der Waals surface area contributed by atoms with Crippen molar-refractivity contribution in [1.29, 1.82) is 0 Å². The maximum Gasteiger partial charge on any atom is 0.338 e. The molecule has 1 unspecified atom stereocenters. The summed E-state index contributed by atoms with van der Waals surface area (Å²) < 4.78 is 25.1. The highest BCUT2D eigenvalue weighted by Gasteiger charge is 2.38. The minimum atomic E-state index is -0.633. The molecule has 5 heteroatoms. The number of hydrogen-bond acceptors (Lipinski definition) is 4. The molecule has 1 aliphatic heterocycles. The van der Waals surface area contributed by atoms with Crippen molar-refractivity contribution in [2.45, 2.75) is 32.8 Å². The largest absolute Gasteiger partial charge is 0.465 e. The minimum absolute atomic E-state index is 0.111. The van der Waals surface area contributed by atoms with Crippen LogP contribution in [-0.4, -0.2) is 11.8 Å². The monoisotopic (exact) mass is 456 g/mol. The summed E-state index contributed by atoms with van der Waals surface area (Å²) in [6.07, 6.45) is 0.294. The Bertz CT molecular complexity index is 1240. The van der Waals surface area contributed by atoms with Gasteiger partial charge in [0.25, 0.3) is 0 Å². The molecule has 0 aromatic heterocycles. The number of carbonyl (C=O) groups is 2. The van der Waals surface area contributed by atoms with Gasteiger partial charge in [0.2, 0.25) is 0 Å². The van der Waals surface area contributed by atoms with E-state index in [1.165, 1.54) is 19.1 Å². The predicted octanol–water partition coefficient (Wildman–Crippen LogP) is 6.04. The van der Waals surface area contributed by atoms with Crippen LogP contribution in [0, 0.1) is 5.82 Å². The van der Waals surface area contributed by atoms with E-state index in [1.54, 1.807) is 19.1 Å². The summed E-state index contributed by atoms with van der Waals surface area (Å²) in [6, 6.07) is 24.8. The maximum absolute atomic E-state index is 13.4. The number of carbonyl (C=O) groups excluding carboxylic acids is 2. The van der Waals surface area contributed by atoms with E-state index in [-0.39, 0.29) is 18.2 Å². The highest BCUT2D eigenvalue weighted by molar-refractivity contribution is 6.01. The first-order valence-electron chi connectivity index (χ1n) is 11.1. The molecule has 1 atom stereocenters.